The van der Waals surface area contributed by atoms with E-state index in [1.165, 1.54) is 25.7 Å². The van der Waals surface area contributed by atoms with Crippen LogP contribution < -0.4 is 15.8 Å². The van der Waals surface area contributed by atoms with Gasteiger partial charge in [-0.25, -0.2) is 13.1 Å². The molecule has 0 unspecified atom stereocenters. The van der Waals surface area contributed by atoms with E-state index in [0.717, 1.165) is 12.8 Å². The number of nitrogens with two attached hydrogens (primary N) is 1. The summed E-state index contributed by atoms with van der Waals surface area (Å²) in [4.78, 5) is 4.46. The first-order valence-corrected chi connectivity index (χ1v) is 9.64. The van der Waals surface area contributed by atoms with Gasteiger partial charge in [0.2, 0.25) is 10.0 Å². The molecule has 7 nitrogen and oxygen atoms in total. The third kappa shape index (κ3) is 5.87. The van der Waals surface area contributed by atoms with Crippen molar-refractivity contribution in [2.45, 2.75) is 49.5 Å². The zero-order chi connectivity index (χ0) is 16.7. The summed E-state index contributed by atoms with van der Waals surface area (Å²) in [6.45, 7) is 0.544. The zero-order valence-corrected chi connectivity index (χ0v) is 14.5. The lowest BCUT2D eigenvalue weighted by atomic mass is 10.1. The molecule has 23 heavy (non-hydrogen) atoms. The van der Waals surface area contributed by atoms with Crippen molar-refractivity contribution >= 4 is 16.0 Å². The van der Waals surface area contributed by atoms with Crippen LogP contribution in [0.2, 0.25) is 0 Å². The third-order valence-corrected chi connectivity index (χ3v) is 5.45. The monoisotopic (exact) mass is 341 g/mol. The quantitative estimate of drug-likeness (QED) is 0.310. The molecular weight excluding hydrogens is 314 g/mol. The van der Waals surface area contributed by atoms with Gasteiger partial charge in [0.15, 0.2) is 5.96 Å². The van der Waals surface area contributed by atoms with E-state index in [4.69, 9.17) is 5.73 Å². The number of aryl methyl sites for hydroxylation is 1. The summed E-state index contributed by atoms with van der Waals surface area (Å²) in [6, 6.07) is 1.95. The zero-order valence-electron chi connectivity index (χ0n) is 13.7. The highest BCUT2D eigenvalue weighted by Gasteiger charge is 2.14. The number of nitrogens with zero attached hydrogens (tertiary/aromatic N) is 2. The van der Waals surface area contributed by atoms with Crippen LogP contribution in [0, 0.1) is 0 Å². The molecule has 130 valence electrons. The highest BCUT2D eigenvalue weighted by molar-refractivity contribution is 7.89. The van der Waals surface area contributed by atoms with E-state index < -0.39 is 10.0 Å². The van der Waals surface area contributed by atoms with Gasteiger partial charge in [-0.05, 0) is 18.9 Å². The molecule has 0 amide bonds. The summed E-state index contributed by atoms with van der Waals surface area (Å²) >= 11 is 0. The fourth-order valence-corrected chi connectivity index (χ4v) is 3.83. The molecule has 0 aliphatic heterocycles. The lowest BCUT2D eigenvalue weighted by Crippen LogP contribution is -2.40. The Labute approximate surface area is 138 Å². The molecule has 2 rings (SSSR count). The van der Waals surface area contributed by atoms with Crippen LogP contribution in [-0.2, 0) is 17.1 Å². The summed E-state index contributed by atoms with van der Waals surface area (Å²) < 4.78 is 28.3. The van der Waals surface area contributed by atoms with Crippen molar-refractivity contribution in [3.63, 3.8) is 0 Å². The number of guanidine groups is 1. The Morgan fingerprint density at radius 1 is 1.35 bits per heavy atom. The lowest BCUT2D eigenvalue weighted by molar-refractivity contribution is 0.530. The number of nitrogens with one attached hydrogen (secondary N) is 2. The highest BCUT2D eigenvalue weighted by atomic mass is 32.2. The van der Waals surface area contributed by atoms with Gasteiger partial charge < -0.3 is 15.6 Å². The molecule has 0 aromatic carbocycles. The summed E-state index contributed by atoms with van der Waals surface area (Å²) in [5.74, 6) is 0.399. The Morgan fingerprint density at radius 2 is 2.04 bits per heavy atom. The molecule has 0 spiro atoms. The van der Waals surface area contributed by atoms with Gasteiger partial charge in [0.1, 0.15) is 0 Å². The van der Waals surface area contributed by atoms with Crippen molar-refractivity contribution in [2.24, 2.45) is 17.8 Å². The molecule has 0 radical (unpaired) electrons. The molecule has 4 N–H and O–H groups in total. The Kier molecular flexibility index (Phi) is 6.47. The van der Waals surface area contributed by atoms with Gasteiger partial charge in [-0.1, -0.05) is 25.7 Å². The average molecular weight is 341 g/mol. The predicted octanol–water partition coefficient (Wildman–Crippen LogP) is 0.931. The Hall–Kier alpha value is -1.54. The van der Waals surface area contributed by atoms with E-state index >= 15 is 0 Å². The summed E-state index contributed by atoms with van der Waals surface area (Å²) in [5, 5.41) is 3.24. The van der Waals surface area contributed by atoms with Crippen molar-refractivity contribution in [3.8, 4) is 0 Å². The smallest absolute Gasteiger partial charge is 0.242 e. The third-order valence-electron chi connectivity index (χ3n) is 4.01. The number of sulfonamides is 1. The summed E-state index contributed by atoms with van der Waals surface area (Å²) in [7, 11) is -1.69. The molecule has 0 saturated heterocycles. The van der Waals surface area contributed by atoms with E-state index in [1.54, 1.807) is 30.1 Å². The van der Waals surface area contributed by atoms with Crippen LogP contribution >= 0.6 is 0 Å². The Morgan fingerprint density at radius 3 is 2.65 bits per heavy atom. The molecule has 1 aliphatic carbocycles. The largest absolute Gasteiger partial charge is 0.370 e. The summed E-state index contributed by atoms with van der Waals surface area (Å²) in [6.07, 6.45) is 10.5. The van der Waals surface area contributed by atoms with Crippen molar-refractivity contribution in [3.05, 3.63) is 18.5 Å². The molecule has 0 atom stereocenters. The highest BCUT2D eigenvalue weighted by Crippen LogP contribution is 2.16. The molecule has 1 fully saturated rings. The minimum Gasteiger partial charge on any atom is -0.370 e. The first-order valence-electron chi connectivity index (χ1n) is 8.15. The maximum absolute atomic E-state index is 12.0. The number of rotatable bonds is 6. The molecule has 0 bridgehead atoms. The minimum absolute atomic E-state index is 0.226. The fraction of sp³-hybridized carbons (Fsp3) is 0.667. The second-order valence-corrected chi connectivity index (χ2v) is 7.78. The standard InChI is InChI=1S/C15H27N5O2S/c1-20-11-8-14(12-20)23(21,22)18-10-9-17-15(16)19-13-6-4-2-3-5-7-13/h8,11-13,18H,2-7,9-10H2,1H3,(H3,16,17,19). The summed E-state index contributed by atoms with van der Waals surface area (Å²) in [5.41, 5.74) is 5.88. The van der Waals surface area contributed by atoms with Gasteiger partial charge in [-0.3, -0.25) is 4.99 Å². The first-order chi connectivity index (χ1) is 11.0. The van der Waals surface area contributed by atoms with Gasteiger partial charge >= 0.3 is 0 Å². The fourth-order valence-electron chi connectivity index (χ4n) is 2.75. The SMILES string of the molecule is Cn1ccc(S(=O)(=O)NCCN=C(N)NC2CCCCCC2)c1. The molecule has 1 heterocycles. The van der Waals surface area contributed by atoms with Gasteiger partial charge in [0, 0.05) is 32.0 Å². The maximum atomic E-state index is 12.0. The second-order valence-electron chi connectivity index (χ2n) is 6.01. The van der Waals surface area contributed by atoms with Crippen molar-refractivity contribution in [1.29, 1.82) is 0 Å². The molecule has 1 aromatic heterocycles. The van der Waals surface area contributed by atoms with Gasteiger partial charge in [0.05, 0.1) is 11.4 Å². The predicted molar refractivity (Wildman–Crippen MR) is 91.7 cm³/mol. The van der Waals surface area contributed by atoms with Gasteiger partial charge in [0.25, 0.3) is 0 Å². The topological polar surface area (TPSA) is 102 Å². The van der Waals surface area contributed by atoms with E-state index in [2.05, 4.69) is 15.0 Å². The van der Waals surface area contributed by atoms with Gasteiger partial charge in [-0.15, -0.1) is 0 Å². The molecule has 1 aromatic rings. The van der Waals surface area contributed by atoms with Crippen molar-refractivity contribution in [2.75, 3.05) is 13.1 Å². The maximum Gasteiger partial charge on any atom is 0.242 e. The normalized spacial score (nSPS) is 17.9. The Bertz CT molecular complexity index is 616. The Balaban J connectivity index is 1.75. The van der Waals surface area contributed by atoms with Crippen LogP contribution in [0.15, 0.2) is 28.3 Å². The lowest BCUT2D eigenvalue weighted by Gasteiger charge is -2.16. The van der Waals surface area contributed by atoms with E-state index in [-0.39, 0.29) is 11.4 Å². The number of hydrogen-bond donors (Lipinski definition) is 3. The van der Waals surface area contributed by atoms with Crippen molar-refractivity contribution < 1.29 is 8.42 Å². The number of hydrogen-bond acceptors (Lipinski definition) is 3. The van der Waals surface area contributed by atoms with E-state index in [9.17, 15) is 8.42 Å². The second kappa shape index (κ2) is 8.35. The van der Waals surface area contributed by atoms with Gasteiger partial charge in [-0.2, -0.15) is 0 Å². The van der Waals surface area contributed by atoms with Crippen LogP contribution in [-0.4, -0.2) is 38.1 Å². The van der Waals surface area contributed by atoms with Crippen molar-refractivity contribution in [1.82, 2.24) is 14.6 Å². The molecule has 1 aliphatic rings. The van der Waals surface area contributed by atoms with Crippen LogP contribution in [0.25, 0.3) is 0 Å². The van der Waals surface area contributed by atoms with Crippen LogP contribution in [0.4, 0.5) is 0 Å². The molecule has 8 heteroatoms. The first kappa shape index (κ1) is 17.8. The van der Waals surface area contributed by atoms with Crippen LogP contribution in [0.1, 0.15) is 38.5 Å². The number of aromatic nitrogens is 1. The molecular formula is C15H27N5O2S. The number of aliphatic imine (C=N–C) groups is 1. The van der Waals surface area contributed by atoms with Crippen LogP contribution in [0.5, 0.6) is 0 Å². The molecule has 1 saturated carbocycles. The minimum atomic E-state index is -3.47. The van der Waals surface area contributed by atoms with Crippen LogP contribution in [0.3, 0.4) is 0 Å². The average Bonchev–Trinajstić information content (AvgIpc) is 2.79. The van der Waals surface area contributed by atoms with E-state index in [1.807, 2.05) is 0 Å². The van der Waals surface area contributed by atoms with E-state index in [0.29, 0.717) is 18.5 Å².